The summed E-state index contributed by atoms with van der Waals surface area (Å²) < 4.78 is 10.8. The van der Waals surface area contributed by atoms with Crippen molar-refractivity contribution >= 4 is 6.09 Å². The highest BCUT2D eigenvalue weighted by atomic mass is 16.6. The lowest BCUT2D eigenvalue weighted by Gasteiger charge is -2.43. The van der Waals surface area contributed by atoms with Gasteiger partial charge in [-0.15, -0.1) is 0 Å². The normalized spacial score (nSPS) is 25.3. The van der Waals surface area contributed by atoms with Gasteiger partial charge >= 0.3 is 6.09 Å². The summed E-state index contributed by atoms with van der Waals surface area (Å²) in [6, 6.07) is 16.8. The second kappa shape index (κ2) is 7.76. The lowest BCUT2D eigenvalue weighted by atomic mass is 9.80. The van der Waals surface area contributed by atoms with Crippen molar-refractivity contribution in [2.75, 3.05) is 7.11 Å². The van der Waals surface area contributed by atoms with Crippen molar-refractivity contribution < 1.29 is 19.4 Å². The first-order valence-corrected chi connectivity index (χ1v) is 9.84. The van der Waals surface area contributed by atoms with E-state index >= 15 is 0 Å². The second-order valence-corrected chi connectivity index (χ2v) is 7.80. The first-order valence-electron chi connectivity index (χ1n) is 9.84. The highest BCUT2D eigenvalue weighted by molar-refractivity contribution is 5.69. The van der Waals surface area contributed by atoms with Crippen molar-refractivity contribution in [3.05, 3.63) is 65.2 Å². The van der Waals surface area contributed by atoms with E-state index in [9.17, 15) is 15.2 Å². The van der Waals surface area contributed by atoms with Gasteiger partial charge in [-0.05, 0) is 36.1 Å². The molecule has 2 aromatic rings. The molecule has 2 aliphatic heterocycles. The third-order valence-electron chi connectivity index (χ3n) is 6.04. The zero-order valence-corrected chi connectivity index (χ0v) is 16.4. The fraction of sp³-hybridized carbons (Fsp3) is 0.391. The molecular weight excluding hydrogens is 368 g/mol. The van der Waals surface area contributed by atoms with Crippen LogP contribution in [0.25, 0.3) is 0 Å². The Morgan fingerprint density at radius 2 is 1.90 bits per heavy atom. The molecule has 0 spiro atoms. The summed E-state index contributed by atoms with van der Waals surface area (Å²) in [6.45, 7) is 0.243. The smallest absolute Gasteiger partial charge is 0.410 e. The fourth-order valence-corrected chi connectivity index (χ4v) is 4.63. The summed E-state index contributed by atoms with van der Waals surface area (Å²) in [4.78, 5) is 14.5. The zero-order chi connectivity index (χ0) is 20.4. The van der Waals surface area contributed by atoms with Crippen LogP contribution < -0.4 is 4.74 Å². The average molecular weight is 392 g/mol. The summed E-state index contributed by atoms with van der Waals surface area (Å²) in [7, 11) is 1.51. The van der Waals surface area contributed by atoms with Crippen LogP contribution in [0.1, 0.15) is 42.4 Å². The van der Waals surface area contributed by atoms with Crippen LogP contribution in [0, 0.1) is 11.3 Å². The minimum Gasteiger partial charge on any atom is -0.495 e. The molecule has 4 rings (SSSR count). The molecule has 2 heterocycles. The molecule has 0 aliphatic carbocycles. The molecule has 1 N–H and O–H groups in total. The van der Waals surface area contributed by atoms with Crippen LogP contribution in [0.5, 0.6) is 5.75 Å². The number of nitriles is 1. The third-order valence-corrected chi connectivity index (χ3v) is 6.04. The Morgan fingerprint density at radius 3 is 2.52 bits per heavy atom. The summed E-state index contributed by atoms with van der Waals surface area (Å²) in [5.41, 5.74) is 1.06. The summed E-state index contributed by atoms with van der Waals surface area (Å²) in [6.07, 6.45) is 2.26. The minimum atomic E-state index is -1.05. The average Bonchev–Trinajstić information content (AvgIpc) is 3.04. The number of hydrogen-bond acceptors (Lipinski definition) is 5. The number of hydrogen-bond donors (Lipinski definition) is 1. The van der Waals surface area contributed by atoms with Gasteiger partial charge in [0.25, 0.3) is 0 Å². The second-order valence-electron chi connectivity index (χ2n) is 7.80. The first-order chi connectivity index (χ1) is 14.0. The maximum Gasteiger partial charge on any atom is 0.410 e. The summed E-state index contributed by atoms with van der Waals surface area (Å²) in [5.74, 6) is 0.454. The lowest BCUT2D eigenvalue weighted by Crippen LogP contribution is -2.52. The van der Waals surface area contributed by atoms with Crippen LogP contribution in [0.2, 0.25) is 0 Å². The largest absolute Gasteiger partial charge is 0.495 e. The number of benzene rings is 2. The molecule has 2 fully saturated rings. The van der Waals surface area contributed by atoms with Gasteiger partial charge < -0.3 is 19.5 Å². The van der Waals surface area contributed by atoms with E-state index in [4.69, 9.17) is 9.47 Å². The Labute approximate surface area is 170 Å². The number of amides is 1. The lowest BCUT2D eigenvalue weighted by molar-refractivity contribution is -0.0537. The predicted molar refractivity (Wildman–Crippen MR) is 106 cm³/mol. The number of piperidine rings is 1. The molecule has 6 nitrogen and oxygen atoms in total. The number of carbonyl (C=O) groups excluding carboxylic acids is 1. The van der Waals surface area contributed by atoms with Gasteiger partial charge in [0, 0.05) is 24.9 Å². The molecule has 2 unspecified atom stereocenters. The van der Waals surface area contributed by atoms with E-state index in [0.717, 1.165) is 24.0 Å². The minimum absolute atomic E-state index is 0.0661. The topological polar surface area (TPSA) is 82.8 Å². The predicted octanol–water partition coefficient (Wildman–Crippen LogP) is 3.72. The molecule has 6 heteroatoms. The van der Waals surface area contributed by atoms with Gasteiger partial charge in [-0.3, -0.25) is 0 Å². The van der Waals surface area contributed by atoms with E-state index in [1.807, 2.05) is 30.3 Å². The van der Waals surface area contributed by atoms with Crippen LogP contribution in [-0.4, -0.2) is 35.3 Å². The molecule has 0 aromatic heterocycles. The number of methoxy groups -OCH3 is 1. The van der Waals surface area contributed by atoms with Crippen molar-refractivity contribution in [1.82, 2.24) is 4.90 Å². The number of fused-ring (bicyclic) bond motifs is 2. The molecule has 2 atom stereocenters. The Morgan fingerprint density at radius 1 is 1.21 bits per heavy atom. The van der Waals surface area contributed by atoms with E-state index in [0.29, 0.717) is 24.2 Å². The van der Waals surface area contributed by atoms with Crippen molar-refractivity contribution in [1.29, 1.82) is 5.26 Å². The SMILES string of the molecule is COc1cc(C2(O)CC3CCC(C2)N3C(=O)OCc2ccccc2)ccc1C#N. The molecule has 2 saturated heterocycles. The van der Waals surface area contributed by atoms with E-state index in [-0.39, 0.29) is 24.8 Å². The van der Waals surface area contributed by atoms with Crippen LogP contribution in [0.4, 0.5) is 4.79 Å². The molecule has 0 saturated carbocycles. The van der Waals surface area contributed by atoms with Gasteiger partial charge in [0.1, 0.15) is 18.4 Å². The Balaban J connectivity index is 1.48. The molecule has 2 aromatic carbocycles. The van der Waals surface area contributed by atoms with Gasteiger partial charge in [-0.25, -0.2) is 4.79 Å². The Bertz CT molecular complexity index is 924. The van der Waals surface area contributed by atoms with Gasteiger partial charge in [-0.1, -0.05) is 36.4 Å². The van der Waals surface area contributed by atoms with Gasteiger partial charge in [-0.2, -0.15) is 5.26 Å². The van der Waals surface area contributed by atoms with E-state index < -0.39 is 5.60 Å². The third kappa shape index (κ3) is 3.66. The molecule has 2 bridgehead atoms. The number of ether oxygens (including phenoxy) is 2. The zero-order valence-electron chi connectivity index (χ0n) is 16.4. The molecule has 0 radical (unpaired) electrons. The van der Waals surface area contributed by atoms with Crippen LogP contribution >= 0.6 is 0 Å². The van der Waals surface area contributed by atoms with Gasteiger partial charge in [0.15, 0.2) is 0 Å². The first kappa shape index (κ1) is 19.3. The monoisotopic (exact) mass is 392 g/mol. The molecule has 150 valence electrons. The summed E-state index contributed by atoms with van der Waals surface area (Å²) in [5, 5.41) is 20.6. The van der Waals surface area contributed by atoms with Crippen LogP contribution in [-0.2, 0) is 16.9 Å². The molecular formula is C23H24N2O4. The van der Waals surface area contributed by atoms with E-state index in [1.165, 1.54) is 7.11 Å². The Kier molecular flexibility index (Phi) is 5.16. The maximum atomic E-state index is 12.7. The maximum absolute atomic E-state index is 12.7. The van der Waals surface area contributed by atoms with Gasteiger partial charge in [0.2, 0.25) is 0 Å². The van der Waals surface area contributed by atoms with Gasteiger partial charge in [0.05, 0.1) is 18.3 Å². The highest BCUT2D eigenvalue weighted by Crippen LogP contribution is 2.46. The van der Waals surface area contributed by atoms with E-state index in [2.05, 4.69) is 6.07 Å². The Hall–Kier alpha value is -3.04. The molecule has 1 amide bonds. The van der Waals surface area contributed by atoms with Crippen molar-refractivity contribution in [3.8, 4) is 11.8 Å². The van der Waals surface area contributed by atoms with Crippen LogP contribution in [0.3, 0.4) is 0 Å². The van der Waals surface area contributed by atoms with E-state index in [1.54, 1.807) is 23.1 Å². The fourth-order valence-electron chi connectivity index (χ4n) is 4.63. The van der Waals surface area contributed by atoms with Crippen molar-refractivity contribution in [2.24, 2.45) is 0 Å². The van der Waals surface area contributed by atoms with Crippen LogP contribution in [0.15, 0.2) is 48.5 Å². The highest BCUT2D eigenvalue weighted by Gasteiger charge is 2.50. The standard InChI is InChI=1S/C23H24N2O4/c1-28-21-11-18(8-7-17(21)14-24)23(27)12-19-9-10-20(13-23)25(19)22(26)29-15-16-5-3-2-4-6-16/h2-8,11,19-20,27H,9-10,12-13,15H2,1H3. The quantitative estimate of drug-likeness (QED) is 0.857. The van der Waals surface area contributed by atoms with Crippen molar-refractivity contribution in [3.63, 3.8) is 0 Å². The number of nitrogens with zero attached hydrogens (tertiary/aromatic N) is 2. The molecule has 29 heavy (non-hydrogen) atoms. The number of aliphatic hydroxyl groups is 1. The number of carbonyl (C=O) groups is 1. The summed E-state index contributed by atoms with van der Waals surface area (Å²) >= 11 is 0. The number of rotatable bonds is 4. The molecule has 2 aliphatic rings. The van der Waals surface area contributed by atoms with Crippen molar-refractivity contribution in [2.45, 2.75) is 50.0 Å².